The third-order valence-electron chi connectivity index (χ3n) is 13.2. The predicted molar refractivity (Wildman–Crippen MR) is 227 cm³/mol. The average Bonchev–Trinajstić information content (AvgIpc) is 3.05. The highest BCUT2D eigenvalue weighted by molar-refractivity contribution is 5.31. The molecule has 0 bridgehead atoms. The Bertz CT molecular complexity index is 1370. The molecule has 0 radical (unpaired) electrons. The standard InChI is InChI=1S/C50H82O3/c1-45(2,3)34-43(38-22-26-40(51)27-23-38)49(12,13)33-32-48(10,11)35-42(46(4,5)6)37-24-28-41(29-25-37)52-44(53-47(7,8)9)36-50(30-18-15-19-31-50)39-20-16-14-17-21-39/h22-29,39,42-44,51H,14-21,30-36H2,1-13H3. The van der Waals surface area contributed by atoms with Crippen LogP contribution in [0.1, 0.15) is 209 Å². The van der Waals surface area contributed by atoms with Crippen LogP contribution in [0.2, 0.25) is 0 Å². The third-order valence-corrected chi connectivity index (χ3v) is 13.2. The molecule has 53 heavy (non-hydrogen) atoms. The lowest BCUT2D eigenvalue weighted by molar-refractivity contribution is -0.176. The zero-order valence-electron chi connectivity index (χ0n) is 36.8. The Morgan fingerprint density at radius 1 is 0.642 bits per heavy atom. The second-order valence-electron chi connectivity index (χ2n) is 22.5. The lowest BCUT2D eigenvalue weighted by atomic mass is 9.60. The van der Waals surface area contributed by atoms with Gasteiger partial charge in [-0.1, -0.05) is 132 Å². The first kappa shape index (κ1) is 43.7. The smallest absolute Gasteiger partial charge is 0.200 e. The summed E-state index contributed by atoms with van der Waals surface area (Å²) in [5.74, 6) is 2.94. The maximum absolute atomic E-state index is 10.0. The van der Waals surface area contributed by atoms with E-state index >= 15 is 0 Å². The van der Waals surface area contributed by atoms with Crippen LogP contribution < -0.4 is 4.74 Å². The van der Waals surface area contributed by atoms with Crippen molar-refractivity contribution < 1.29 is 14.6 Å². The van der Waals surface area contributed by atoms with Crippen LogP contribution in [0.4, 0.5) is 0 Å². The van der Waals surface area contributed by atoms with Gasteiger partial charge in [-0.2, -0.15) is 0 Å². The molecule has 2 saturated carbocycles. The normalized spacial score (nSPS) is 19.8. The molecule has 0 saturated heterocycles. The van der Waals surface area contributed by atoms with Crippen LogP contribution in [0.25, 0.3) is 0 Å². The van der Waals surface area contributed by atoms with Gasteiger partial charge in [-0.25, -0.2) is 0 Å². The Labute approximate surface area is 327 Å². The fourth-order valence-corrected chi connectivity index (χ4v) is 10.1. The molecule has 0 aromatic heterocycles. The van der Waals surface area contributed by atoms with Gasteiger partial charge in [0.05, 0.1) is 5.60 Å². The van der Waals surface area contributed by atoms with Gasteiger partial charge in [-0.05, 0) is 152 Å². The maximum atomic E-state index is 10.0. The quantitative estimate of drug-likeness (QED) is 0.185. The van der Waals surface area contributed by atoms with Crippen molar-refractivity contribution >= 4 is 0 Å². The number of phenols is 1. The molecule has 1 N–H and O–H groups in total. The van der Waals surface area contributed by atoms with Crippen molar-refractivity contribution in [3.05, 3.63) is 59.7 Å². The Hall–Kier alpha value is -2.00. The average molecular weight is 731 g/mol. The Kier molecular flexibility index (Phi) is 14.4. The van der Waals surface area contributed by atoms with Crippen molar-refractivity contribution in [1.29, 1.82) is 0 Å². The van der Waals surface area contributed by atoms with Crippen LogP contribution in [0.5, 0.6) is 11.5 Å². The first-order chi connectivity index (χ1) is 24.5. The summed E-state index contributed by atoms with van der Waals surface area (Å²) in [6.45, 7) is 30.7. The van der Waals surface area contributed by atoms with Crippen LogP contribution >= 0.6 is 0 Å². The first-order valence-electron chi connectivity index (χ1n) is 21.7. The fraction of sp³-hybridized carbons (Fsp3) is 0.760. The van der Waals surface area contributed by atoms with Gasteiger partial charge in [0.25, 0.3) is 0 Å². The predicted octanol–water partition coefficient (Wildman–Crippen LogP) is 15.4. The molecule has 300 valence electrons. The van der Waals surface area contributed by atoms with Crippen LogP contribution in [-0.4, -0.2) is 17.0 Å². The molecule has 3 unspecified atom stereocenters. The van der Waals surface area contributed by atoms with E-state index in [-0.39, 0.29) is 33.6 Å². The highest BCUT2D eigenvalue weighted by Crippen LogP contribution is 2.53. The minimum absolute atomic E-state index is 0.122. The van der Waals surface area contributed by atoms with Crippen molar-refractivity contribution in [3.63, 3.8) is 0 Å². The van der Waals surface area contributed by atoms with Crippen molar-refractivity contribution in [2.24, 2.45) is 33.0 Å². The largest absolute Gasteiger partial charge is 0.508 e. The summed E-state index contributed by atoms with van der Waals surface area (Å²) in [6, 6.07) is 17.2. The lowest BCUT2D eigenvalue weighted by Crippen LogP contribution is -2.42. The van der Waals surface area contributed by atoms with Gasteiger partial charge in [0.1, 0.15) is 11.5 Å². The molecule has 0 amide bonds. The summed E-state index contributed by atoms with van der Waals surface area (Å²) in [5, 5.41) is 10.0. The zero-order chi connectivity index (χ0) is 39.3. The van der Waals surface area contributed by atoms with E-state index in [1.54, 1.807) is 0 Å². The van der Waals surface area contributed by atoms with Gasteiger partial charge in [-0.3, -0.25) is 0 Å². The van der Waals surface area contributed by atoms with Crippen molar-refractivity contribution in [1.82, 2.24) is 0 Å². The topological polar surface area (TPSA) is 38.7 Å². The SMILES string of the molecule is CC(C)(C)CC(c1ccc(O)cc1)C(C)(C)CCC(C)(C)CC(c1ccc(OC(CC2(C3CCCCC3)CCCCC2)OC(C)(C)C)cc1)C(C)(C)C. The fourth-order valence-electron chi connectivity index (χ4n) is 10.1. The highest BCUT2D eigenvalue weighted by atomic mass is 16.7. The molecule has 3 nitrogen and oxygen atoms in total. The molecule has 0 heterocycles. The Morgan fingerprint density at radius 3 is 1.70 bits per heavy atom. The van der Waals surface area contributed by atoms with Crippen LogP contribution in [0.3, 0.4) is 0 Å². The van der Waals surface area contributed by atoms with Gasteiger partial charge < -0.3 is 14.6 Å². The Balaban J connectivity index is 1.49. The van der Waals surface area contributed by atoms with Gasteiger partial charge in [-0.15, -0.1) is 0 Å². The van der Waals surface area contributed by atoms with Crippen molar-refractivity contribution in [3.8, 4) is 11.5 Å². The number of ether oxygens (including phenoxy) is 2. The van der Waals surface area contributed by atoms with Gasteiger partial charge >= 0.3 is 0 Å². The van der Waals surface area contributed by atoms with Gasteiger partial charge in [0, 0.05) is 6.42 Å². The van der Waals surface area contributed by atoms with E-state index in [0.717, 1.165) is 37.4 Å². The number of benzene rings is 2. The summed E-state index contributed by atoms with van der Waals surface area (Å²) in [6.07, 6.45) is 19.1. The van der Waals surface area contributed by atoms with E-state index < -0.39 is 0 Å². The summed E-state index contributed by atoms with van der Waals surface area (Å²) in [7, 11) is 0. The molecule has 3 heteroatoms. The molecule has 0 spiro atoms. The number of aromatic hydroxyl groups is 1. The summed E-state index contributed by atoms with van der Waals surface area (Å²) in [4.78, 5) is 0. The van der Waals surface area contributed by atoms with Crippen molar-refractivity contribution in [2.45, 2.75) is 210 Å². The zero-order valence-corrected chi connectivity index (χ0v) is 36.8. The van der Waals surface area contributed by atoms with Crippen molar-refractivity contribution in [2.75, 3.05) is 0 Å². The van der Waals surface area contributed by atoms with Crippen LogP contribution in [0.15, 0.2) is 48.5 Å². The van der Waals surface area contributed by atoms with E-state index in [1.807, 2.05) is 12.1 Å². The highest BCUT2D eigenvalue weighted by Gasteiger charge is 2.43. The molecule has 2 fully saturated rings. The van der Waals surface area contributed by atoms with E-state index in [4.69, 9.17) is 9.47 Å². The number of rotatable bonds is 15. The molecular weight excluding hydrogens is 649 g/mol. The molecule has 2 aliphatic carbocycles. The minimum atomic E-state index is -0.263. The molecule has 3 atom stereocenters. The number of hydrogen-bond donors (Lipinski definition) is 1. The maximum Gasteiger partial charge on any atom is 0.200 e. The molecule has 0 aliphatic heterocycles. The van der Waals surface area contributed by atoms with E-state index in [1.165, 1.54) is 81.8 Å². The summed E-state index contributed by atoms with van der Waals surface area (Å²) >= 11 is 0. The molecule has 2 aromatic carbocycles. The second-order valence-corrected chi connectivity index (χ2v) is 22.5. The second kappa shape index (κ2) is 17.4. The molecular formula is C50H82O3. The third kappa shape index (κ3) is 13.3. The van der Waals surface area contributed by atoms with E-state index in [2.05, 4.69) is 126 Å². The molecule has 2 aliphatic rings. The van der Waals surface area contributed by atoms with Crippen LogP contribution in [-0.2, 0) is 4.74 Å². The minimum Gasteiger partial charge on any atom is -0.508 e. The Morgan fingerprint density at radius 2 is 1.17 bits per heavy atom. The molecule has 2 aromatic rings. The number of phenolic OH excluding ortho intramolecular Hbond substituents is 1. The van der Waals surface area contributed by atoms with Gasteiger partial charge in [0.15, 0.2) is 0 Å². The molecule has 4 rings (SSSR count). The summed E-state index contributed by atoms with van der Waals surface area (Å²) in [5.41, 5.74) is 3.47. The first-order valence-corrected chi connectivity index (χ1v) is 21.7. The number of hydrogen-bond acceptors (Lipinski definition) is 3. The monoisotopic (exact) mass is 731 g/mol. The summed E-state index contributed by atoms with van der Waals surface area (Å²) < 4.78 is 13.6. The van der Waals surface area contributed by atoms with E-state index in [0.29, 0.717) is 23.0 Å². The van der Waals surface area contributed by atoms with E-state index in [9.17, 15) is 5.11 Å². The lowest BCUT2D eigenvalue weighted by Gasteiger charge is -2.47. The van der Waals surface area contributed by atoms with Gasteiger partial charge in [0.2, 0.25) is 6.29 Å². The van der Waals surface area contributed by atoms with Crippen LogP contribution in [0, 0.1) is 33.0 Å².